The van der Waals surface area contributed by atoms with Gasteiger partial charge >= 0.3 is 12.0 Å². The Bertz CT molecular complexity index is 240. The quantitative estimate of drug-likeness (QED) is 0.580. The molecule has 1 unspecified atom stereocenters. The number of amides is 2. The van der Waals surface area contributed by atoms with Gasteiger partial charge in [0.05, 0.1) is 12.5 Å². The molecular formula is C9H16N2O4. The smallest absolute Gasteiger partial charge is 0.315 e. The first-order valence-electron chi connectivity index (χ1n) is 4.90. The Morgan fingerprint density at radius 2 is 2.20 bits per heavy atom. The first-order valence-corrected chi connectivity index (χ1v) is 4.90. The predicted molar refractivity (Wildman–Crippen MR) is 52.6 cm³/mol. The minimum Gasteiger partial charge on any atom is -0.481 e. The molecule has 6 heteroatoms. The molecule has 0 aromatic carbocycles. The summed E-state index contributed by atoms with van der Waals surface area (Å²) in [5, 5.41) is 13.8. The molecule has 86 valence electrons. The van der Waals surface area contributed by atoms with Gasteiger partial charge in [-0.1, -0.05) is 0 Å². The second kappa shape index (κ2) is 5.55. The summed E-state index contributed by atoms with van der Waals surface area (Å²) in [7, 11) is 1.42. The molecule has 3 N–H and O–H groups in total. The number of carbonyl (C=O) groups excluding carboxylic acids is 1. The number of ether oxygens (including phenoxy) is 1. The Morgan fingerprint density at radius 3 is 2.67 bits per heavy atom. The maximum absolute atomic E-state index is 11.2. The predicted octanol–water partition coefficient (Wildman–Crippen LogP) is -0.0623. The molecular weight excluding hydrogens is 200 g/mol. The summed E-state index contributed by atoms with van der Waals surface area (Å²) < 4.78 is 4.91. The van der Waals surface area contributed by atoms with Crippen LogP contribution in [0.1, 0.15) is 19.3 Å². The molecule has 2 amide bonds. The molecule has 1 aliphatic carbocycles. The van der Waals surface area contributed by atoms with Crippen molar-refractivity contribution in [1.82, 2.24) is 10.6 Å². The summed E-state index contributed by atoms with van der Waals surface area (Å²) in [5.74, 6) is -0.939. The van der Waals surface area contributed by atoms with Crippen LogP contribution in [0.2, 0.25) is 0 Å². The van der Waals surface area contributed by atoms with Crippen molar-refractivity contribution >= 4 is 12.0 Å². The van der Waals surface area contributed by atoms with Gasteiger partial charge in [-0.05, 0) is 12.8 Å². The zero-order valence-electron chi connectivity index (χ0n) is 8.66. The summed E-state index contributed by atoms with van der Waals surface area (Å²) in [5.41, 5.74) is 0. The molecule has 15 heavy (non-hydrogen) atoms. The van der Waals surface area contributed by atoms with E-state index in [1.165, 1.54) is 7.11 Å². The van der Waals surface area contributed by atoms with Crippen LogP contribution in [0.5, 0.6) is 0 Å². The second-order valence-corrected chi connectivity index (χ2v) is 3.58. The second-order valence-electron chi connectivity index (χ2n) is 3.58. The number of nitrogens with one attached hydrogen (secondary N) is 2. The van der Waals surface area contributed by atoms with Crippen LogP contribution in [-0.2, 0) is 9.53 Å². The number of rotatable bonds is 6. The number of hydrogen-bond donors (Lipinski definition) is 3. The Labute approximate surface area is 88.0 Å². The van der Waals surface area contributed by atoms with Gasteiger partial charge in [-0.15, -0.1) is 0 Å². The number of urea groups is 1. The molecule has 0 saturated heterocycles. The van der Waals surface area contributed by atoms with Crippen LogP contribution >= 0.6 is 0 Å². The molecule has 0 heterocycles. The van der Waals surface area contributed by atoms with Crippen LogP contribution in [0.3, 0.4) is 0 Å². The van der Waals surface area contributed by atoms with Crippen LogP contribution < -0.4 is 10.6 Å². The fourth-order valence-corrected chi connectivity index (χ4v) is 1.10. The average Bonchev–Trinajstić information content (AvgIpc) is 2.95. The van der Waals surface area contributed by atoms with E-state index in [2.05, 4.69) is 10.6 Å². The van der Waals surface area contributed by atoms with Crippen molar-refractivity contribution in [3.63, 3.8) is 0 Å². The Kier molecular flexibility index (Phi) is 4.36. The molecule has 0 aromatic heterocycles. The normalized spacial score (nSPS) is 16.9. The minimum absolute atomic E-state index is 0.111. The highest BCUT2D eigenvalue weighted by Crippen LogP contribution is 2.18. The lowest BCUT2D eigenvalue weighted by Crippen LogP contribution is -2.41. The van der Waals surface area contributed by atoms with Crippen LogP contribution in [0.4, 0.5) is 4.79 Å². The summed E-state index contributed by atoms with van der Waals surface area (Å²) >= 11 is 0. The van der Waals surface area contributed by atoms with Gasteiger partial charge in [0, 0.05) is 19.7 Å². The third-order valence-corrected chi connectivity index (χ3v) is 2.14. The summed E-state index contributed by atoms with van der Waals surface area (Å²) in [4.78, 5) is 21.6. The number of carboxylic acids is 1. The standard InChI is InChI=1S/C9H16N2O4/c1-15-7(4-8(12)13)5-10-9(14)11-6-2-3-6/h6-7H,2-5H2,1H3,(H,12,13)(H2,10,11,14). The summed E-state index contributed by atoms with van der Waals surface area (Å²) in [6, 6.07) is 0.0374. The van der Waals surface area contributed by atoms with Crippen LogP contribution in [-0.4, -0.2) is 42.9 Å². The lowest BCUT2D eigenvalue weighted by atomic mass is 10.2. The molecule has 0 radical (unpaired) electrons. The maximum Gasteiger partial charge on any atom is 0.315 e. The molecule has 1 rings (SSSR count). The third kappa shape index (κ3) is 5.21. The van der Waals surface area contributed by atoms with E-state index >= 15 is 0 Å². The highest BCUT2D eigenvalue weighted by atomic mass is 16.5. The number of methoxy groups -OCH3 is 1. The van der Waals surface area contributed by atoms with Crippen LogP contribution in [0.25, 0.3) is 0 Å². The average molecular weight is 216 g/mol. The molecule has 0 aliphatic heterocycles. The van der Waals surface area contributed by atoms with Gasteiger partial charge in [-0.3, -0.25) is 4.79 Å². The van der Waals surface area contributed by atoms with E-state index in [4.69, 9.17) is 9.84 Å². The fourth-order valence-electron chi connectivity index (χ4n) is 1.10. The van der Waals surface area contributed by atoms with Gasteiger partial charge < -0.3 is 20.5 Å². The molecule has 1 aliphatic rings. The molecule has 1 fully saturated rings. The zero-order valence-corrected chi connectivity index (χ0v) is 8.66. The van der Waals surface area contributed by atoms with Gasteiger partial charge in [0.25, 0.3) is 0 Å². The van der Waals surface area contributed by atoms with E-state index in [1.54, 1.807) is 0 Å². The highest BCUT2D eigenvalue weighted by molar-refractivity contribution is 5.74. The Morgan fingerprint density at radius 1 is 1.53 bits per heavy atom. The summed E-state index contributed by atoms with van der Waals surface area (Å²) in [6.07, 6.45) is 1.46. The van der Waals surface area contributed by atoms with Crippen molar-refractivity contribution in [3.05, 3.63) is 0 Å². The number of carboxylic acid groups (broad SMARTS) is 1. The first kappa shape index (κ1) is 11.8. The van der Waals surface area contributed by atoms with E-state index in [-0.39, 0.29) is 19.0 Å². The molecule has 0 bridgehead atoms. The molecule has 6 nitrogen and oxygen atoms in total. The summed E-state index contributed by atoms with van der Waals surface area (Å²) in [6.45, 7) is 0.210. The van der Waals surface area contributed by atoms with Crippen molar-refractivity contribution in [3.8, 4) is 0 Å². The lowest BCUT2D eigenvalue weighted by Gasteiger charge is -2.14. The van der Waals surface area contributed by atoms with Crippen molar-refractivity contribution in [2.45, 2.75) is 31.4 Å². The third-order valence-electron chi connectivity index (χ3n) is 2.14. The molecule has 0 aromatic rings. The van der Waals surface area contributed by atoms with E-state index in [0.717, 1.165) is 12.8 Å². The largest absolute Gasteiger partial charge is 0.481 e. The monoisotopic (exact) mass is 216 g/mol. The van der Waals surface area contributed by atoms with Crippen molar-refractivity contribution in [2.24, 2.45) is 0 Å². The number of carbonyl (C=O) groups is 2. The SMILES string of the molecule is COC(CNC(=O)NC1CC1)CC(=O)O. The Balaban J connectivity index is 2.14. The number of aliphatic carboxylic acids is 1. The van der Waals surface area contributed by atoms with Gasteiger partial charge in [-0.2, -0.15) is 0 Å². The van der Waals surface area contributed by atoms with Gasteiger partial charge in [-0.25, -0.2) is 4.79 Å². The van der Waals surface area contributed by atoms with E-state index in [9.17, 15) is 9.59 Å². The minimum atomic E-state index is -0.939. The zero-order chi connectivity index (χ0) is 11.3. The topological polar surface area (TPSA) is 87.7 Å². The van der Waals surface area contributed by atoms with E-state index in [1.807, 2.05) is 0 Å². The first-order chi connectivity index (χ1) is 7.11. The fraction of sp³-hybridized carbons (Fsp3) is 0.778. The van der Waals surface area contributed by atoms with Crippen molar-refractivity contribution in [2.75, 3.05) is 13.7 Å². The molecule has 1 atom stereocenters. The van der Waals surface area contributed by atoms with E-state index in [0.29, 0.717) is 6.04 Å². The maximum atomic E-state index is 11.2. The number of hydrogen-bond acceptors (Lipinski definition) is 3. The molecule has 1 saturated carbocycles. The van der Waals surface area contributed by atoms with E-state index < -0.39 is 12.1 Å². The lowest BCUT2D eigenvalue weighted by molar-refractivity contribution is -0.139. The van der Waals surface area contributed by atoms with Crippen LogP contribution in [0.15, 0.2) is 0 Å². The molecule has 0 spiro atoms. The van der Waals surface area contributed by atoms with Gasteiger partial charge in [0.15, 0.2) is 0 Å². The van der Waals surface area contributed by atoms with Crippen LogP contribution in [0, 0.1) is 0 Å². The highest BCUT2D eigenvalue weighted by Gasteiger charge is 2.23. The van der Waals surface area contributed by atoms with Crippen molar-refractivity contribution < 1.29 is 19.4 Å². The Hall–Kier alpha value is -1.30. The van der Waals surface area contributed by atoms with Crippen molar-refractivity contribution in [1.29, 1.82) is 0 Å². The van der Waals surface area contributed by atoms with Gasteiger partial charge in [0.2, 0.25) is 0 Å². The van der Waals surface area contributed by atoms with Gasteiger partial charge in [0.1, 0.15) is 0 Å².